The molecule has 146 valence electrons. The van der Waals surface area contributed by atoms with Gasteiger partial charge in [0.05, 0.1) is 13.2 Å². The van der Waals surface area contributed by atoms with Gasteiger partial charge in [-0.2, -0.15) is 0 Å². The molecule has 3 aromatic carbocycles. The summed E-state index contributed by atoms with van der Waals surface area (Å²) < 4.78 is 0. The van der Waals surface area contributed by atoms with Gasteiger partial charge in [-0.1, -0.05) is 36.4 Å². The van der Waals surface area contributed by atoms with Gasteiger partial charge in [-0.3, -0.25) is 0 Å². The molecule has 0 fully saturated rings. The van der Waals surface area contributed by atoms with Crippen LogP contribution in [0.4, 0.5) is 0 Å². The van der Waals surface area contributed by atoms with Gasteiger partial charge in [0.25, 0.3) is 0 Å². The van der Waals surface area contributed by atoms with Crippen LogP contribution in [0.15, 0.2) is 48.5 Å². The van der Waals surface area contributed by atoms with E-state index >= 15 is 0 Å². The number of phenols is 2. The molecule has 0 bridgehead atoms. The molecule has 0 aromatic heterocycles. The topological polar surface area (TPSA) is 80.9 Å². The summed E-state index contributed by atoms with van der Waals surface area (Å²) in [6.07, 6.45) is 1.45. The summed E-state index contributed by atoms with van der Waals surface area (Å²) in [5.74, 6) is 0.320. The molecule has 0 heterocycles. The summed E-state index contributed by atoms with van der Waals surface area (Å²) in [5.41, 5.74) is 7.03. The number of aliphatic hydroxyl groups is 2. The number of benzene rings is 3. The van der Waals surface area contributed by atoms with Gasteiger partial charge in [0, 0.05) is 11.1 Å². The fraction of sp³-hybridized carbons (Fsp3) is 0.250. The molecule has 0 aliphatic heterocycles. The highest BCUT2D eigenvalue weighted by Crippen LogP contribution is 2.27. The summed E-state index contributed by atoms with van der Waals surface area (Å²) in [7, 11) is 0. The second-order valence-corrected chi connectivity index (χ2v) is 7.33. The average Bonchev–Trinajstić information content (AvgIpc) is 2.68. The molecule has 3 aromatic rings. The Morgan fingerprint density at radius 2 is 0.929 bits per heavy atom. The van der Waals surface area contributed by atoms with E-state index in [1.165, 1.54) is 0 Å². The lowest BCUT2D eigenvalue weighted by Crippen LogP contribution is -1.96. The Kier molecular flexibility index (Phi) is 6.02. The van der Waals surface area contributed by atoms with Gasteiger partial charge in [0.15, 0.2) is 0 Å². The van der Waals surface area contributed by atoms with E-state index in [-0.39, 0.29) is 24.7 Å². The summed E-state index contributed by atoms with van der Waals surface area (Å²) in [4.78, 5) is 0. The zero-order valence-corrected chi connectivity index (χ0v) is 16.2. The van der Waals surface area contributed by atoms with Crippen LogP contribution in [-0.2, 0) is 26.1 Å². The minimum Gasteiger partial charge on any atom is -0.507 e. The molecule has 0 unspecified atom stereocenters. The van der Waals surface area contributed by atoms with Crippen LogP contribution in [0, 0.1) is 13.8 Å². The van der Waals surface area contributed by atoms with Crippen LogP contribution in [0.25, 0.3) is 0 Å². The van der Waals surface area contributed by atoms with Crippen LogP contribution in [-0.4, -0.2) is 20.4 Å². The normalized spacial score (nSPS) is 11.0. The number of aliphatic hydroxyl groups excluding tert-OH is 2. The zero-order chi connectivity index (χ0) is 20.3. The third-order valence-electron chi connectivity index (χ3n) is 5.06. The van der Waals surface area contributed by atoms with Crippen molar-refractivity contribution in [2.24, 2.45) is 0 Å². The van der Waals surface area contributed by atoms with E-state index in [0.29, 0.717) is 11.1 Å². The number of hydrogen-bond donors (Lipinski definition) is 4. The third-order valence-corrected chi connectivity index (χ3v) is 5.06. The Hall–Kier alpha value is -2.82. The average molecular weight is 378 g/mol. The summed E-state index contributed by atoms with van der Waals surface area (Å²) in [6, 6.07) is 15.9. The van der Waals surface area contributed by atoms with E-state index in [0.717, 1.165) is 46.2 Å². The number of rotatable bonds is 6. The molecule has 4 N–H and O–H groups in total. The lowest BCUT2D eigenvalue weighted by Gasteiger charge is -2.11. The van der Waals surface area contributed by atoms with Gasteiger partial charge >= 0.3 is 0 Å². The van der Waals surface area contributed by atoms with Gasteiger partial charge in [-0.25, -0.2) is 0 Å². The predicted molar refractivity (Wildman–Crippen MR) is 110 cm³/mol. The quantitative estimate of drug-likeness (QED) is 0.525. The lowest BCUT2D eigenvalue weighted by atomic mass is 9.96. The first-order valence-electron chi connectivity index (χ1n) is 9.33. The Morgan fingerprint density at radius 1 is 0.571 bits per heavy atom. The zero-order valence-electron chi connectivity index (χ0n) is 16.2. The van der Waals surface area contributed by atoms with E-state index in [1.807, 2.05) is 38.1 Å². The van der Waals surface area contributed by atoms with Crippen molar-refractivity contribution < 1.29 is 20.4 Å². The van der Waals surface area contributed by atoms with Crippen molar-refractivity contribution in [2.75, 3.05) is 0 Å². The van der Waals surface area contributed by atoms with E-state index in [4.69, 9.17) is 0 Å². The van der Waals surface area contributed by atoms with Crippen molar-refractivity contribution in [3.63, 3.8) is 0 Å². The van der Waals surface area contributed by atoms with Crippen LogP contribution in [0.5, 0.6) is 11.5 Å². The van der Waals surface area contributed by atoms with Crippen LogP contribution >= 0.6 is 0 Å². The summed E-state index contributed by atoms with van der Waals surface area (Å²) in [6.45, 7) is 3.31. The van der Waals surface area contributed by atoms with Gasteiger partial charge in [-0.05, 0) is 72.2 Å². The molecule has 0 saturated heterocycles. The molecule has 0 atom stereocenters. The molecule has 4 nitrogen and oxygen atoms in total. The highest BCUT2D eigenvalue weighted by atomic mass is 16.3. The molecule has 0 radical (unpaired) electrons. The van der Waals surface area contributed by atoms with Crippen molar-refractivity contribution in [1.82, 2.24) is 0 Å². The third kappa shape index (κ3) is 4.35. The number of hydrogen-bond acceptors (Lipinski definition) is 4. The molecule has 28 heavy (non-hydrogen) atoms. The second kappa shape index (κ2) is 8.46. The molecule has 0 aliphatic carbocycles. The Balaban J connectivity index is 1.76. The van der Waals surface area contributed by atoms with Gasteiger partial charge in [0.2, 0.25) is 0 Å². The van der Waals surface area contributed by atoms with Gasteiger partial charge in [-0.15, -0.1) is 0 Å². The molecule has 3 rings (SSSR count). The maximum absolute atomic E-state index is 9.95. The number of aryl methyl sites for hydroxylation is 2. The fourth-order valence-corrected chi connectivity index (χ4v) is 3.56. The van der Waals surface area contributed by atoms with Crippen LogP contribution in [0.1, 0.15) is 44.5 Å². The molecular formula is C24H26O4. The standard InChI is InChI=1S/C24H26O4/c1-15-7-19(11-21(13-25)23(15)27)9-17-3-5-18(6-4-17)10-20-8-16(2)24(28)22(12-20)14-26/h3-8,11-12,25-28H,9-10,13-14H2,1-2H3. The van der Waals surface area contributed by atoms with Crippen molar-refractivity contribution in [2.45, 2.75) is 39.9 Å². The van der Waals surface area contributed by atoms with E-state index in [9.17, 15) is 20.4 Å². The first kappa shape index (κ1) is 19.9. The Labute approximate surface area is 165 Å². The minimum absolute atomic E-state index is 0.160. The first-order valence-corrected chi connectivity index (χ1v) is 9.33. The van der Waals surface area contributed by atoms with Crippen molar-refractivity contribution >= 4 is 0 Å². The highest BCUT2D eigenvalue weighted by Gasteiger charge is 2.09. The Morgan fingerprint density at radius 3 is 1.25 bits per heavy atom. The van der Waals surface area contributed by atoms with Gasteiger partial charge < -0.3 is 20.4 Å². The van der Waals surface area contributed by atoms with E-state index in [1.54, 1.807) is 0 Å². The molecule has 0 amide bonds. The van der Waals surface area contributed by atoms with Gasteiger partial charge in [0.1, 0.15) is 11.5 Å². The van der Waals surface area contributed by atoms with E-state index in [2.05, 4.69) is 24.3 Å². The molecule has 0 spiro atoms. The van der Waals surface area contributed by atoms with Crippen molar-refractivity contribution in [3.8, 4) is 11.5 Å². The largest absolute Gasteiger partial charge is 0.507 e. The predicted octanol–water partition coefficient (Wildman–Crippen LogP) is 3.88. The lowest BCUT2D eigenvalue weighted by molar-refractivity contribution is 0.275. The Bertz CT molecular complexity index is 894. The summed E-state index contributed by atoms with van der Waals surface area (Å²) in [5, 5.41) is 38.7. The minimum atomic E-state index is -0.179. The monoisotopic (exact) mass is 378 g/mol. The SMILES string of the molecule is Cc1cc(Cc2ccc(Cc3cc(C)c(O)c(CO)c3)cc2)cc(CO)c1O. The molecular weight excluding hydrogens is 352 g/mol. The van der Waals surface area contributed by atoms with Crippen molar-refractivity contribution in [3.05, 3.63) is 93.0 Å². The molecule has 0 aliphatic rings. The number of aromatic hydroxyl groups is 2. The van der Waals surface area contributed by atoms with Crippen LogP contribution < -0.4 is 0 Å². The maximum atomic E-state index is 9.95. The highest BCUT2D eigenvalue weighted by molar-refractivity contribution is 5.45. The van der Waals surface area contributed by atoms with E-state index < -0.39 is 0 Å². The maximum Gasteiger partial charge on any atom is 0.124 e. The van der Waals surface area contributed by atoms with Crippen LogP contribution in [0.3, 0.4) is 0 Å². The molecule has 4 heteroatoms. The molecule has 0 saturated carbocycles. The van der Waals surface area contributed by atoms with Crippen LogP contribution in [0.2, 0.25) is 0 Å². The first-order chi connectivity index (χ1) is 13.4. The smallest absolute Gasteiger partial charge is 0.124 e. The fourth-order valence-electron chi connectivity index (χ4n) is 3.56. The second-order valence-electron chi connectivity index (χ2n) is 7.33. The summed E-state index contributed by atoms with van der Waals surface area (Å²) >= 11 is 0. The van der Waals surface area contributed by atoms with Crippen molar-refractivity contribution in [1.29, 1.82) is 0 Å².